The Morgan fingerprint density at radius 2 is 2.07 bits per heavy atom. The first-order valence-corrected chi connectivity index (χ1v) is 4.54. The highest BCUT2D eigenvalue weighted by molar-refractivity contribution is 5.71. The van der Waals surface area contributed by atoms with E-state index in [-0.39, 0.29) is 12.4 Å². The van der Waals surface area contributed by atoms with Crippen molar-refractivity contribution in [1.29, 1.82) is 0 Å². The lowest BCUT2D eigenvalue weighted by Crippen LogP contribution is -2.47. The van der Waals surface area contributed by atoms with Gasteiger partial charge in [0.25, 0.3) is 0 Å². The maximum Gasteiger partial charge on any atom is 0.311 e. The van der Waals surface area contributed by atoms with Crippen LogP contribution in [0.25, 0.3) is 0 Å². The molecule has 1 fully saturated rings. The Balaban J connectivity index is 2.71. The van der Waals surface area contributed by atoms with E-state index in [1.54, 1.807) is 6.92 Å². The Morgan fingerprint density at radius 1 is 1.43 bits per heavy atom. The molecule has 1 N–H and O–H groups in total. The maximum absolute atomic E-state index is 10.9. The lowest BCUT2D eigenvalue weighted by atomic mass is 9.91. The topological polar surface area (TPSA) is 65.0 Å². The van der Waals surface area contributed by atoms with Crippen LogP contribution in [0.1, 0.15) is 13.3 Å². The van der Waals surface area contributed by atoms with Gasteiger partial charge in [-0.25, -0.2) is 0 Å². The molecule has 5 heteroatoms. The predicted molar refractivity (Wildman–Crippen MR) is 47.9 cm³/mol. The summed E-state index contributed by atoms with van der Waals surface area (Å²) in [6.45, 7) is 1.72. The fourth-order valence-corrected chi connectivity index (χ4v) is 1.77. The molecular formula is C9H16O5. The van der Waals surface area contributed by atoms with E-state index >= 15 is 0 Å². The Labute approximate surface area is 82.9 Å². The summed E-state index contributed by atoms with van der Waals surface area (Å²) in [7, 11) is 3.04. The van der Waals surface area contributed by atoms with Crippen molar-refractivity contribution in [3.8, 4) is 0 Å². The normalized spacial score (nSPS) is 38.2. The second-order valence-electron chi connectivity index (χ2n) is 3.38. The van der Waals surface area contributed by atoms with Crippen molar-refractivity contribution in [3.63, 3.8) is 0 Å². The van der Waals surface area contributed by atoms with Crippen molar-refractivity contribution in [2.75, 3.05) is 14.2 Å². The molecule has 0 saturated carbocycles. The molecule has 0 amide bonds. The predicted octanol–water partition coefficient (Wildman–Crippen LogP) is 0.483. The number of hydrogen-bond donors (Lipinski definition) is 1. The van der Waals surface area contributed by atoms with Crippen LogP contribution in [-0.2, 0) is 19.0 Å². The van der Waals surface area contributed by atoms with Gasteiger partial charge >= 0.3 is 5.97 Å². The number of rotatable bonds is 3. The van der Waals surface area contributed by atoms with Gasteiger partial charge in [-0.3, -0.25) is 4.79 Å². The summed E-state index contributed by atoms with van der Waals surface area (Å²) in [6, 6.07) is 0. The van der Waals surface area contributed by atoms with Gasteiger partial charge in [0, 0.05) is 20.6 Å². The lowest BCUT2D eigenvalue weighted by molar-refractivity contribution is -0.228. The van der Waals surface area contributed by atoms with E-state index in [0.29, 0.717) is 6.42 Å². The zero-order chi connectivity index (χ0) is 10.7. The molecule has 0 aromatic rings. The molecule has 82 valence electrons. The molecule has 0 aliphatic carbocycles. The molecule has 0 radical (unpaired) electrons. The van der Waals surface area contributed by atoms with Crippen molar-refractivity contribution < 1.29 is 24.1 Å². The molecule has 0 aromatic heterocycles. The van der Waals surface area contributed by atoms with Gasteiger partial charge in [0.2, 0.25) is 0 Å². The molecule has 0 bridgehead atoms. The van der Waals surface area contributed by atoms with E-state index in [2.05, 4.69) is 0 Å². The Morgan fingerprint density at radius 3 is 2.50 bits per heavy atom. The van der Waals surface area contributed by atoms with Gasteiger partial charge in [-0.1, -0.05) is 0 Å². The molecule has 3 unspecified atom stereocenters. The minimum atomic E-state index is -0.890. The van der Waals surface area contributed by atoms with Crippen molar-refractivity contribution >= 4 is 5.97 Å². The second kappa shape index (κ2) is 4.72. The molecule has 14 heavy (non-hydrogen) atoms. The van der Waals surface area contributed by atoms with Crippen LogP contribution in [0.4, 0.5) is 0 Å². The number of ether oxygens (including phenoxy) is 3. The van der Waals surface area contributed by atoms with E-state index in [0.717, 1.165) is 0 Å². The monoisotopic (exact) mass is 204 g/mol. The van der Waals surface area contributed by atoms with E-state index in [1.807, 2.05) is 0 Å². The minimum absolute atomic E-state index is 0.346. The Kier molecular flexibility index (Phi) is 3.86. The van der Waals surface area contributed by atoms with Gasteiger partial charge in [-0.05, 0) is 6.92 Å². The van der Waals surface area contributed by atoms with Crippen LogP contribution in [0, 0.1) is 5.92 Å². The molecule has 1 rings (SSSR count). The van der Waals surface area contributed by atoms with Gasteiger partial charge in [0.1, 0.15) is 5.92 Å². The van der Waals surface area contributed by atoms with Crippen molar-refractivity contribution in [2.24, 2.45) is 5.92 Å². The number of carboxylic acid groups (broad SMARTS) is 1. The molecule has 1 saturated heterocycles. The summed E-state index contributed by atoms with van der Waals surface area (Å²) in [5, 5.41) is 8.97. The Hall–Kier alpha value is -0.650. The average Bonchev–Trinajstić information content (AvgIpc) is 2.15. The molecule has 1 aliphatic rings. The highest BCUT2D eigenvalue weighted by Crippen LogP contribution is 2.27. The zero-order valence-electron chi connectivity index (χ0n) is 8.60. The fourth-order valence-electron chi connectivity index (χ4n) is 1.77. The minimum Gasteiger partial charge on any atom is -0.481 e. The quantitative estimate of drug-likeness (QED) is 0.724. The largest absolute Gasteiger partial charge is 0.481 e. The molecule has 1 aliphatic heterocycles. The third-order valence-corrected chi connectivity index (χ3v) is 2.55. The average molecular weight is 204 g/mol. The van der Waals surface area contributed by atoms with Crippen LogP contribution in [0.15, 0.2) is 0 Å². The van der Waals surface area contributed by atoms with Gasteiger partial charge < -0.3 is 19.3 Å². The summed E-state index contributed by atoms with van der Waals surface area (Å²) >= 11 is 0. The van der Waals surface area contributed by atoms with Crippen molar-refractivity contribution in [3.05, 3.63) is 0 Å². The van der Waals surface area contributed by atoms with Gasteiger partial charge in [0.15, 0.2) is 6.29 Å². The van der Waals surface area contributed by atoms with E-state index in [1.165, 1.54) is 14.2 Å². The van der Waals surface area contributed by atoms with Gasteiger partial charge in [-0.15, -0.1) is 0 Å². The SMILES string of the molecule is COC1C[C@H](OC)OC(C)C1C(=O)O. The summed E-state index contributed by atoms with van der Waals surface area (Å²) < 4.78 is 15.5. The second-order valence-corrected chi connectivity index (χ2v) is 3.38. The van der Waals surface area contributed by atoms with Crippen LogP contribution in [0.2, 0.25) is 0 Å². The molecule has 4 atom stereocenters. The molecule has 0 spiro atoms. The number of methoxy groups -OCH3 is 2. The fraction of sp³-hybridized carbons (Fsp3) is 0.889. The van der Waals surface area contributed by atoms with Crippen molar-refractivity contribution in [2.45, 2.75) is 31.8 Å². The molecular weight excluding hydrogens is 188 g/mol. The first kappa shape index (κ1) is 11.4. The van der Waals surface area contributed by atoms with Crippen LogP contribution < -0.4 is 0 Å². The summed E-state index contributed by atoms with van der Waals surface area (Å²) in [4.78, 5) is 10.9. The molecule has 1 heterocycles. The van der Waals surface area contributed by atoms with Crippen LogP contribution in [0.3, 0.4) is 0 Å². The van der Waals surface area contributed by atoms with Gasteiger partial charge in [0.05, 0.1) is 12.2 Å². The first-order chi connectivity index (χ1) is 6.60. The Bertz CT molecular complexity index is 205. The summed E-state index contributed by atoms with van der Waals surface area (Å²) in [5.74, 6) is -1.51. The number of aliphatic carboxylic acids is 1. The summed E-state index contributed by atoms with van der Waals surface area (Å²) in [5.41, 5.74) is 0. The van der Waals surface area contributed by atoms with Gasteiger partial charge in [-0.2, -0.15) is 0 Å². The highest BCUT2D eigenvalue weighted by Gasteiger charge is 2.41. The van der Waals surface area contributed by atoms with E-state index in [9.17, 15) is 4.79 Å². The third-order valence-electron chi connectivity index (χ3n) is 2.55. The standard InChI is InChI=1S/C9H16O5/c1-5-8(9(10)11)6(12-2)4-7(13-3)14-5/h5-8H,4H2,1-3H3,(H,10,11)/t5?,6?,7-,8?/m1/s1. The van der Waals surface area contributed by atoms with Crippen LogP contribution in [-0.4, -0.2) is 43.8 Å². The molecule has 5 nitrogen and oxygen atoms in total. The third kappa shape index (κ3) is 2.23. The zero-order valence-corrected chi connectivity index (χ0v) is 8.60. The van der Waals surface area contributed by atoms with Crippen LogP contribution in [0.5, 0.6) is 0 Å². The smallest absolute Gasteiger partial charge is 0.311 e. The number of carboxylic acids is 1. The highest BCUT2D eigenvalue weighted by atomic mass is 16.7. The maximum atomic E-state index is 10.9. The van der Waals surface area contributed by atoms with E-state index in [4.69, 9.17) is 19.3 Å². The molecule has 0 aromatic carbocycles. The van der Waals surface area contributed by atoms with Crippen LogP contribution >= 0.6 is 0 Å². The number of hydrogen-bond acceptors (Lipinski definition) is 4. The van der Waals surface area contributed by atoms with Crippen molar-refractivity contribution in [1.82, 2.24) is 0 Å². The first-order valence-electron chi connectivity index (χ1n) is 4.54. The lowest BCUT2D eigenvalue weighted by Gasteiger charge is -2.36. The van der Waals surface area contributed by atoms with E-state index < -0.39 is 18.0 Å². The number of carbonyl (C=O) groups is 1. The summed E-state index contributed by atoms with van der Waals surface area (Å²) in [6.07, 6.45) is -0.656.